The highest BCUT2D eigenvalue weighted by Gasteiger charge is 2.04. The van der Waals surface area contributed by atoms with Gasteiger partial charge in [0.25, 0.3) is 0 Å². The number of fused-ring (bicyclic) bond motifs is 1. The molecule has 1 heterocycles. The van der Waals surface area contributed by atoms with E-state index in [1.807, 2.05) is 18.2 Å². The van der Waals surface area contributed by atoms with E-state index in [0.29, 0.717) is 6.54 Å². The van der Waals surface area contributed by atoms with Gasteiger partial charge in [0.15, 0.2) is 0 Å². The molecule has 0 fully saturated rings. The summed E-state index contributed by atoms with van der Waals surface area (Å²) in [5.41, 5.74) is 9.98. The molecule has 0 bridgehead atoms. The Hall–Kier alpha value is -1.84. The molecule has 0 saturated carbocycles. The lowest BCUT2D eigenvalue weighted by atomic mass is 10.1. The first kappa shape index (κ1) is 13.2. The number of hydrogen-bond acceptors (Lipinski definition) is 2. The highest BCUT2D eigenvalue weighted by atomic mass is 35.5. The van der Waals surface area contributed by atoms with Crippen LogP contribution >= 0.6 is 11.6 Å². The molecule has 2 aromatic carbocycles. The molecule has 0 amide bonds. The summed E-state index contributed by atoms with van der Waals surface area (Å²) >= 11 is 5.98. The maximum atomic E-state index is 5.98. The van der Waals surface area contributed by atoms with Gasteiger partial charge in [0, 0.05) is 11.4 Å². The van der Waals surface area contributed by atoms with E-state index in [-0.39, 0.29) is 0 Å². The van der Waals surface area contributed by atoms with Crippen molar-refractivity contribution in [2.45, 2.75) is 12.8 Å². The average molecular weight is 286 g/mol. The minimum atomic E-state index is 0.684. The predicted octanol–water partition coefficient (Wildman–Crippen LogP) is 3.31. The maximum Gasteiger partial charge on any atom is 0.111 e. The molecule has 1 aromatic heterocycles. The largest absolute Gasteiger partial charge is 0.342 e. The van der Waals surface area contributed by atoms with Gasteiger partial charge in [-0.3, -0.25) is 0 Å². The summed E-state index contributed by atoms with van der Waals surface area (Å²) in [6, 6.07) is 14.2. The number of benzene rings is 2. The fourth-order valence-corrected chi connectivity index (χ4v) is 2.47. The molecule has 0 aliphatic heterocycles. The van der Waals surface area contributed by atoms with E-state index in [1.165, 1.54) is 11.1 Å². The second-order valence-electron chi connectivity index (χ2n) is 4.88. The molecule has 0 radical (unpaired) electrons. The number of aromatic amines is 1. The van der Waals surface area contributed by atoms with E-state index in [2.05, 4.69) is 34.2 Å². The van der Waals surface area contributed by atoms with Crippen molar-refractivity contribution in [3.63, 3.8) is 0 Å². The Morgan fingerprint density at radius 1 is 1.05 bits per heavy atom. The third-order valence-corrected chi connectivity index (χ3v) is 3.56. The number of rotatable bonds is 4. The van der Waals surface area contributed by atoms with Crippen LogP contribution in [0.2, 0.25) is 5.02 Å². The second-order valence-corrected chi connectivity index (χ2v) is 5.31. The molecule has 3 N–H and O–H groups in total. The Morgan fingerprint density at radius 3 is 2.55 bits per heavy atom. The van der Waals surface area contributed by atoms with Crippen LogP contribution in [0.3, 0.4) is 0 Å². The number of nitrogens with two attached hydrogens (primary N) is 1. The van der Waals surface area contributed by atoms with Gasteiger partial charge in [0.1, 0.15) is 5.82 Å². The van der Waals surface area contributed by atoms with Crippen molar-refractivity contribution in [2.75, 3.05) is 6.54 Å². The van der Waals surface area contributed by atoms with E-state index in [9.17, 15) is 0 Å². The number of halogens is 1. The van der Waals surface area contributed by atoms with E-state index < -0.39 is 0 Å². The van der Waals surface area contributed by atoms with Crippen molar-refractivity contribution in [1.82, 2.24) is 9.97 Å². The first-order valence-electron chi connectivity index (χ1n) is 6.66. The summed E-state index contributed by atoms with van der Waals surface area (Å²) in [4.78, 5) is 7.88. The monoisotopic (exact) mass is 285 g/mol. The summed E-state index contributed by atoms with van der Waals surface area (Å²) in [5.74, 6) is 0.953. The van der Waals surface area contributed by atoms with Crippen LogP contribution in [0, 0.1) is 0 Å². The molecule has 3 aromatic rings. The standard InChI is InChI=1S/C16H16ClN3/c17-13-5-6-14-15(10-13)20-16(19-14)9-12-3-1-11(2-4-12)7-8-18/h1-6,10H,7-9,18H2,(H,19,20). The van der Waals surface area contributed by atoms with Crippen molar-refractivity contribution in [3.8, 4) is 0 Å². The summed E-state index contributed by atoms with van der Waals surface area (Å²) in [6.45, 7) is 0.684. The Morgan fingerprint density at radius 2 is 1.80 bits per heavy atom. The molecule has 102 valence electrons. The number of aromatic nitrogens is 2. The smallest absolute Gasteiger partial charge is 0.111 e. The molecule has 0 aliphatic rings. The highest BCUT2D eigenvalue weighted by molar-refractivity contribution is 6.31. The molecular formula is C16H16ClN3. The van der Waals surface area contributed by atoms with Crippen molar-refractivity contribution in [3.05, 3.63) is 64.4 Å². The van der Waals surface area contributed by atoms with E-state index in [1.54, 1.807) is 0 Å². The summed E-state index contributed by atoms with van der Waals surface area (Å²) < 4.78 is 0. The van der Waals surface area contributed by atoms with Gasteiger partial charge in [-0.15, -0.1) is 0 Å². The molecule has 0 aliphatic carbocycles. The predicted molar refractivity (Wildman–Crippen MR) is 83.1 cm³/mol. The topological polar surface area (TPSA) is 54.7 Å². The molecular weight excluding hydrogens is 270 g/mol. The van der Waals surface area contributed by atoms with Crippen molar-refractivity contribution < 1.29 is 0 Å². The number of imidazole rings is 1. The number of nitrogens with zero attached hydrogens (tertiary/aromatic N) is 1. The lowest BCUT2D eigenvalue weighted by Crippen LogP contribution is -2.02. The fourth-order valence-electron chi connectivity index (χ4n) is 2.30. The van der Waals surface area contributed by atoms with Crippen LogP contribution in [0.5, 0.6) is 0 Å². The van der Waals surface area contributed by atoms with Gasteiger partial charge in [-0.2, -0.15) is 0 Å². The van der Waals surface area contributed by atoms with E-state index in [4.69, 9.17) is 17.3 Å². The van der Waals surface area contributed by atoms with Gasteiger partial charge in [0.05, 0.1) is 11.0 Å². The molecule has 0 spiro atoms. The minimum Gasteiger partial charge on any atom is -0.342 e. The summed E-state index contributed by atoms with van der Waals surface area (Å²) in [6.07, 6.45) is 1.71. The fraction of sp³-hybridized carbons (Fsp3) is 0.188. The molecule has 0 saturated heterocycles. The second kappa shape index (κ2) is 5.65. The maximum absolute atomic E-state index is 5.98. The number of hydrogen-bond donors (Lipinski definition) is 2. The lowest BCUT2D eigenvalue weighted by Gasteiger charge is -2.01. The Balaban J connectivity index is 1.81. The Bertz CT molecular complexity index is 716. The zero-order valence-corrected chi connectivity index (χ0v) is 11.8. The van der Waals surface area contributed by atoms with Gasteiger partial charge >= 0.3 is 0 Å². The van der Waals surface area contributed by atoms with E-state index in [0.717, 1.165) is 34.7 Å². The van der Waals surface area contributed by atoms with E-state index >= 15 is 0 Å². The van der Waals surface area contributed by atoms with Crippen LogP contribution in [0.4, 0.5) is 0 Å². The molecule has 0 unspecified atom stereocenters. The Kier molecular flexibility index (Phi) is 3.72. The highest BCUT2D eigenvalue weighted by Crippen LogP contribution is 2.18. The first-order valence-corrected chi connectivity index (χ1v) is 7.04. The number of H-pyrrole nitrogens is 1. The quantitative estimate of drug-likeness (QED) is 0.773. The molecule has 4 heteroatoms. The van der Waals surface area contributed by atoms with Crippen LogP contribution in [-0.2, 0) is 12.8 Å². The Labute approximate surface area is 122 Å². The molecule has 3 nitrogen and oxygen atoms in total. The van der Waals surface area contributed by atoms with Gasteiger partial charge in [-0.05, 0) is 42.3 Å². The van der Waals surface area contributed by atoms with Crippen molar-refractivity contribution >= 4 is 22.6 Å². The normalized spacial score (nSPS) is 11.1. The number of nitrogens with one attached hydrogen (secondary N) is 1. The van der Waals surface area contributed by atoms with Gasteiger partial charge in [-0.1, -0.05) is 35.9 Å². The van der Waals surface area contributed by atoms with Crippen LogP contribution in [0.15, 0.2) is 42.5 Å². The lowest BCUT2D eigenvalue weighted by molar-refractivity contribution is 0.964. The van der Waals surface area contributed by atoms with Gasteiger partial charge in [0.2, 0.25) is 0 Å². The summed E-state index contributed by atoms with van der Waals surface area (Å²) in [7, 11) is 0. The third-order valence-electron chi connectivity index (χ3n) is 3.32. The van der Waals surface area contributed by atoms with Crippen molar-refractivity contribution in [1.29, 1.82) is 0 Å². The summed E-state index contributed by atoms with van der Waals surface area (Å²) in [5, 5.41) is 0.721. The first-order chi connectivity index (χ1) is 9.74. The molecule has 20 heavy (non-hydrogen) atoms. The average Bonchev–Trinajstić information content (AvgIpc) is 2.82. The minimum absolute atomic E-state index is 0.684. The zero-order valence-electron chi connectivity index (χ0n) is 11.1. The van der Waals surface area contributed by atoms with Crippen LogP contribution < -0.4 is 5.73 Å². The zero-order chi connectivity index (χ0) is 13.9. The molecule has 0 atom stereocenters. The molecule has 3 rings (SSSR count). The van der Waals surface area contributed by atoms with Gasteiger partial charge < -0.3 is 10.7 Å². The van der Waals surface area contributed by atoms with Crippen LogP contribution in [0.1, 0.15) is 17.0 Å². The van der Waals surface area contributed by atoms with Crippen molar-refractivity contribution in [2.24, 2.45) is 5.73 Å². The SMILES string of the molecule is NCCc1ccc(Cc2nc3ccc(Cl)cc3[nH]2)cc1. The third kappa shape index (κ3) is 2.84. The van der Waals surface area contributed by atoms with Crippen LogP contribution in [0.25, 0.3) is 11.0 Å². The van der Waals surface area contributed by atoms with Gasteiger partial charge in [-0.25, -0.2) is 4.98 Å². The van der Waals surface area contributed by atoms with Crippen LogP contribution in [-0.4, -0.2) is 16.5 Å².